The highest BCUT2D eigenvalue weighted by Crippen LogP contribution is 2.25. The summed E-state index contributed by atoms with van der Waals surface area (Å²) in [4.78, 5) is 31.8. The molecule has 1 rings (SSSR count). The lowest BCUT2D eigenvalue weighted by Crippen LogP contribution is -2.39. The molecule has 0 radical (unpaired) electrons. The van der Waals surface area contributed by atoms with Gasteiger partial charge in [-0.25, -0.2) is 0 Å². The Kier molecular flexibility index (Phi) is 2.37. The maximum absolute atomic E-state index is 10.9. The van der Waals surface area contributed by atoms with Crippen LogP contribution in [0.3, 0.4) is 0 Å². The van der Waals surface area contributed by atoms with Gasteiger partial charge in [0, 0.05) is 11.9 Å². The molecule has 1 saturated heterocycles. The van der Waals surface area contributed by atoms with Crippen molar-refractivity contribution in [3.8, 4) is 0 Å². The zero-order valence-corrected chi connectivity index (χ0v) is 7.01. The standard InChI is InChI=1S/C6H7NO4S/c1-2(5(9)10)3-4(8)7-6(11)12-3/h2-3H,1H3,(H,9,10)(H,7,8,11)/p-1/t2-,3-/m0/s1. The van der Waals surface area contributed by atoms with Crippen molar-refractivity contribution < 1.29 is 19.5 Å². The first-order valence-electron chi connectivity index (χ1n) is 3.24. The SMILES string of the molecule is C[C@H](C(=O)[O-])[C@@H]1SC(=O)NC1=O. The predicted octanol–water partition coefficient (Wildman–Crippen LogP) is -1.28. The van der Waals surface area contributed by atoms with Crippen LogP contribution in [0.4, 0.5) is 4.79 Å². The quantitative estimate of drug-likeness (QED) is 0.583. The Labute approximate surface area is 72.5 Å². The number of hydrogen-bond acceptors (Lipinski definition) is 5. The van der Waals surface area contributed by atoms with Gasteiger partial charge in [-0.2, -0.15) is 0 Å². The van der Waals surface area contributed by atoms with Crippen molar-refractivity contribution in [2.24, 2.45) is 5.92 Å². The van der Waals surface area contributed by atoms with E-state index in [1.165, 1.54) is 6.92 Å². The maximum atomic E-state index is 10.9. The van der Waals surface area contributed by atoms with E-state index in [9.17, 15) is 19.5 Å². The van der Waals surface area contributed by atoms with Crippen molar-refractivity contribution in [3.63, 3.8) is 0 Å². The predicted molar refractivity (Wildman–Crippen MR) is 39.1 cm³/mol. The summed E-state index contributed by atoms with van der Waals surface area (Å²) in [6.45, 7) is 1.34. The number of rotatable bonds is 2. The van der Waals surface area contributed by atoms with Gasteiger partial charge in [0.1, 0.15) is 5.25 Å². The van der Waals surface area contributed by atoms with Crippen LogP contribution in [0, 0.1) is 5.92 Å². The van der Waals surface area contributed by atoms with Crippen molar-refractivity contribution in [2.75, 3.05) is 0 Å². The van der Waals surface area contributed by atoms with Crippen LogP contribution < -0.4 is 10.4 Å². The van der Waals surface area contributed by atoms with Gasteiger partial charge in [-0.15, -0.1) is 0 Å². The summed E-state index contributed by atoms with van der Waals surface area (Å²) in [6, 6.07) is 0. The fourth-order valence-electron chi connectivity index (χ4n) is 0.823. The van der Waals surface area contributed by atoms with Crippen LogP contribution in [0.2, 0.25) is 0 Å². The van der Waals surface area contributed by atoms with Crippen LogP contribution in [0.5, 0.6) is 0 Å². The molecule has 1 heterocycles. The van der Waals surface area contributed by atoms with Gasteiger partial charge in [0.15, 0.2) is 0 Å². The highest BCUT2D eigenvalue weighted by Gasteiger charge is 2.36. The molecule has 5 nitrogen and oxygen atoms in total. The number of thioether (sulfide) groups is 1. The fraction of sp³-hybridized carbons (Fsp3) is 0.500. The van der Waals surface area contributed by atoms with Gasteiger partial charge in [-0.1, -0.05) is 18.7 Å². The molecule has 1 aliphatic rings. The van der Waals surface area contributed by atoms with Crippen molar-refractivity contribution in [1.29, 1.82) is 0 Å². The third-order valence-corrected chi connectivity index (χ3v) is 2.74. The molecular formula is C6H6NO4S-. The average Bonchev–Trinajstić information content (AvgIpc) is 2.28. The van der Waals surface area contributed by atoms with Gasteiger partial charge in [-0.3, -0.25) is 14.9 Å². The van der Waals surface area contributed by atoms with Crippen molar-refractivity contribution in [1.82, 2.24) is 5.32 Å². The van der Waals surface area contributed by atoms with Gasteiger partial charge in [0.25, 0.3) is 5.24 Å². The van der Waals surface area contributed by atoms with E-state index < -0.39 is 28.3 Å². The second-order valence-electron chi connectivity index (χ2n) is 2.42. The van der Waals surface area contributed by atoms with Gasteiger partial charge in [0.2, 0.25) is 5.91 Å². The largest absolute Gasteiger partial charge is 0.550 e. The molecule has 6 heteroatoms. The molecule has 1 fully saturated rings. The molecule has 0 aliphatic carbocycles. The van der Waals surface area contributed by atoms with E-state index in [-0.39, 0.29) is 0 Å². The number of nitrogens with one attached hydrogen (secondary N) is 1. The monoisotopic (exact) mass is 188 g/mol. The molecule has 2 amide bonds. The third-order valence-electron chi connectivity index (χ3n) is 1.54. The number of carboxylic acid groups (broad SMARTS) is 1. The summed E-state index contributed by atoms with van der Waals surface area (Å²) in [5, 5.41) is 11.0. The average molecular weight is 188 g/mol. The first-order chi connectivity index (χ1) is 5.52. The second kappa shape index (κ2) is 3.14. The molecule has 0 aromatic heterocycles. The van der Waals surface area contributed by atoms with Gasteiger partial charge < -0.3 is 9.90 Å². The molecule has 0 spiro atoms. The minimum Gasteiger partial charge on any atom is -0.550 e. The Balaban J connectivity index is 2.70. The van der Waals surface area contributed by atoms with Crippen LogP contribution in [0.1, 0.15) is 6.92 Å². The first-order valence-corrected chi connectivity index (χ1v) is 4.12. The third kappa shape index (κ3) is 1.58. The van der Waals surface area contributed by atoms with Crippen molar-refractivity contribution in [2.45, 2.75) is 12.2 Å². The lowest BCUT2D eigenvalue weighted by atomic mass is 10.1. The molecule has 0 unspecified atom stereocenters. The normalized spacial score (nSPS) is 25.2. The Morgan fingerprint density at radius 3 is 2.58 bits per heavy atom. The zero-order chi connectivity index (χ0) is 9.30. The summed E-state index contributed by atoms with van der Waals surface area (Å²) < 4.78 is 0. The summed E-state index contributed by atoms with van der Waals surface area (Å²) in [5.74, 6) is -2.82. The molecule has 1 N–H and O–H groups in total. The summed E-state index contributed by atoms with van der Waals surface area (Å²) in [5.41, 5.74) is 0. The summed E-state index contributed by atoms with van der Waals surface area (Å²) in [7, 11) is 0. The molecule has 0 aromatic carbocycles. The second-order valence-corrected chi connectivity index (χ2v) is 3.54. The molecule has 0 aromatic rings. The highest BCUT2D eigenvalue weighted by molar-refractivity contribution is 8.15. The van der Waals surface area contributed by atoms with Crippen molar-refractivity contribution >= 4 is 28.9 Å². The van der Waals surface area contributed by atoms with Crippen LogP contribution in [-0.2, 0) is 9.59 Å². The molecule has 1 aliphatic heterocycles. The van der Waals surface area contributed by atoms with E-state index in [2.05, 4.69) is 0 Å². The van der Waals surface area contributed by atoms with Gasteiger partial charge in [-0.05, 0) is 0 Å². The maximum Gasteiger partial charge on any atom is 0.286 e. The number of hydrogen-bond donors (Lipinski definition) is 1. The molecule has 0 saturated carbocycles. The molecular weight excluding hydrogens is 182 g/mol. The first kappa shape index (κ1) is 9.05. The smallest absolute Gasteiger partial charge is 0.286 e. The van der Waals surface area contributed by atoms with E-state index in [0.717, 1.165) is 0 Å². The number of carbonyl (C=O) groups excluding carboxylic acids is 3. The van der Waals surface area contributed by atoms with E-state index >= 15 is 0 Å². The molecule has 0 bridgehead atoms. The topological polar surface area (TPSA) is 86.3 Å². The van der Waals surface area contributed by atoms with Crippen LogP contribution in [0.15, 0.2) is 0 Å². The number of imide groups is 1. The molecule has 66 valence electrons. The van der Waals surface area contributed by atoms with E-state index in [4.69, 9.17) is 0 Å². The number of amides is 2. The van der Waals surface area contributed by atoms with Crippen molar-refractivity contribution in [3.05, 3.63) is 0 Å². The van der Waals surface area contributed by atoms with Gasteiger partial charge >= 0.3 is 0 Å². The van der Waals surface area contributed by atoms with E-state index in [1.54, 1.807) is 0 Å². The fourth-order valence-corrected chi connectivity index (χ4v) is 1.69. The van der Waals surface area contributed by atoms with Crippen LogP contribution in [0.25, 0.3) is 0 Å². The number of carbonyl (C=O) groups is 3. The Hall–Kier alpha value is -1.04. The highest BCUT2D eigenvalue weighted by atomic mass is 32.2. The minimum absolute atomic E-state index is 0.502. The Morgan fingerprint density at radius 2 is 2.25 bits per heavy atom. The summed E-state index contributed by atoms with van der Waals surface area (Å²) >= 11 is 0.690. The molecule has 2 atom stereocenters. The Bertz CT molecular complexity index is 252. The van der Waals surface area contributed by atoms with E-state index in [0.29, 0.717) is 11.8 Å². The summed E-state index contributed by atoms with van der Waals surface area (Å²) in [6.07, 6.45) is 0. The van der Waals surface area contributed by atoms with E-state index in [1.807, 2.05) is 5.32 Å². The lowest BCUT2D eigenvalue weighted by molar-refractivity contribution is -0.310. The lowest BCUT2D eigenvalue weighted by Gasteiger charge is -2.15. The number of carboxylic acids is 1. The minimum atomic E-state index is -1.32. The van der Waals surface area contributed by atoms with Crippen LogP contribution >= 0.6 is 11.8 Å². The zero-order valence-electron chi connectivity index (χ0n) is 6.20. The van der Waals surface area contributed by atoms with Crippen LogP contribution in [-0.4, -0.2) is 22.4 Å². The Morgan fingerprint density at radius 1 is 1.67 bits per heavy atom. The van der Waals surface area contributed by atoms with Gasteiger partial charge in [0.05, 0.1) is 0 Å². The number of aliphatic carboxylic acids is 1. The molecule has 12 heavy (non-hydrogen) atoms.